The number of thiocarbonyl (C=S) groups is 1. The lowest BCUT2D eigenvalue weighted by Gasteiger charge is -2.41. The molecule has 0 N–H and O–H groups in total. The number of esters is 1. The molecule has 0 amide bonds. The van der Waals surface area contributed by atoms with Crippen LogP contribution in [0.3, 0.4) is 0 Å². The minimum Gasteiger partial charge on any atom is -0.468 e. The highest BCUT2D eigenvalue weighted by molar-refractivity contribution is 8.10. The minimum atomic E-state index is -1.30. The SMILES string of the molecule is COC(=O)/C=C1\[C@@H](C)O[C@@H](OCc2ccccc2[N+](=O)[O-])[C@H](OCOCC[Si](C)(C)C)[C@H]1OC(=S)S. The lowest BCUT2D eigenvalue weighted by Crippen LogP contribution is -2.53. The molecule has 2 rings (SSSR count). The van der Waals surface area contributed by atoms with Crippen molar-refractivity contribution in [3.05, 3.63) is 51.6 Å². The molecule has 1 aromatic carbocycles. The van der Waals surface area contributed by atoms with Crippen LogP contribution in [0.1, 0.15) is 12.5 Å². The summed E-state index contributed by atoms with van der Waals surface area (Å²) < 4.78 is 34.1. The number of rotatable bonds is 12. The number of hydrogen-bond acceptors (Lipinski definition) is 10. The molecule has 0 radical (unpaired) electrons. The quantitative estimate of drug-likeness (QED) is 0.0458. The van der Waals surface area contributed by atoms with Crippen molar-refractivity contribution in [2.24, 2.45) is 0 Å². The second-order valence-corrected chi connectivity index (χ2v) is 16.0. The van der Waals surface area contributed by atoms with Gasteiger partial charge in [-0.2, -0.15) is 0 Å². The first-order valence-electron chi connectivity index (χ1n) is 11.3. The van der Waals surface area contributed by atoms with E-state index in [1.807, 2.05) is 0 Å². The van der Waals surface area contributed by atoms with E-state index in [9.17, 15) is 14.9 Å². The van der Waals surface area contributed by atoms with Crippen molar-refractivity contribution in [3.63, 3.8) is 0 Å². The van der Waals surface area contributed by atoms with Crippen molar-refractivity contribution in [3.8, 4) is 0 Å². The third-order valence-corrected chi connectivity index (χ3v) is 7.25. The molecular weight excluding hydrogens is 526 g/mol. The molecule has 0 aromatic heterocycles. The summed E-state index contributed by atoms with van der Waals surface area (Å²) in [6.45, 7) is 8.71. The number of para-hydroxylation sites is 1. The summed E-state index contributed by atoms with van der Waals surface area (Å²) in [6.07, 6.45) is -2.27. The fourth-order valence-corrected chi connectivity index (χ4v) is 4.38. The van der Waals surface area contributed by atoms with E-state index in [2.05, 4.69) is 32.3 Å². The third-order valence-electron chi connectivity index (χ3n) is 5.35. The van der Waals surface area contributed by atoms with Crippen LogP contribution in [0.25, 0.3) is 0 Å². The first kappa shape index (κ1) is 30.4. The number of benzene rings is 1. The van der Waals surface area contributed by atoms with E-state index in [0.29, 0.717) is 17.7 Å². The Hall–Kier alpha value is -1.87. The molecule has 1 aromatic rings. The summed E-state index contributed by atoms with van der Waals surface area (Å²) >= 11 is 9.13. The van der Waals surface area contributed by atoms with Crippen LogP contribution in [-0.2, 0) is 39.8 Å². The Morgan fingerprint density at radius 2 is 1.97 bits per heavy atom. The van der Waals surface area contributed by atoms with Gasteiger partial charge >= 0.3 is 5.97 Å². The molecular formula is C23H33NO9S2Si. The number of nitro benzene ring substituents is 1. The fraction of sp³-hybridized carbons (Fsp3) is 0.565. The summed E-state index contributed by atoms with van der Waals surface area (Å²) in [5, 5.41) is 11.4. The van der Waals surface area contributed by atoms with Gasteiger partial charge in [0.25, 0.3) is 5.69 Å². The second kappa shape index (κ2) is 14.2. The van der Waals surface area contributed by atoms with Gasteiger partial charge in [-0.1, -0.05) is 44.4 Å². The summed E-state index contributed by atoms with van der Waals surface area (Å²) in [4.78, 5) is 22.9. The molecule has 200 valence electrons. The summed E-state index contributed by atoms with van der Waals surface area (Å²) in [7, 11) is -0.0447. The molecule has 36 heavy (non-hydrogen) atoms. The highest BCUT2D eigenvalue weighted by Gasteiger charge is 2.45. The maximum absolute atomic E-state index is 12.0. The molecule has 0 aliphatic carbocycles. The van der Waals surface area contributed by atoms with Crippen LogP contribution in [0.15, 0.2) is 35.9 Å². The zero-order valence-corrected chi connectivity index (χ0v) is 23.7. The smallest absolute Gasteiger partial charge is 0.330 e. The number of methoxy groups -OCH3 is 1. The molecule has 10 nitrogen and oxygen atoms in total. The van der Waals surface area contributed by atoms with Gasteiger partial charge in [0.2, 0.25) is 4.38 Å². The number of carbonyl (C=O) groups is 1. The highest BCUT2D eigenvalue weighted by Crippen LogP contribution is 2.32. The Bertz CT molecular complexity index is 954. The van der Waals surface area contributed by atoms with Crippen LogP contribution in [0, 0.1) is 10.1 Å². The highest BCUT2D eigenvalue weighted by atomic mass is 32.1. The van der Waals surface area contributed by atoms with Crippen LogP contribution in [0.4, 0.5) is 5.69 Å². The summed E-state index contributed by atoms with van der Waals surface area (Å²) in [6, 6.07) is 7.19. The molecule has 1 saturated heterocycles. The molecule has 1 fully saturated rings. The summed E-state index contributed by atoms with van der Waals surface area (Å²) in [5.41, 5.74) is 0.696. The van der Waals surface area contributed by atoms with Gasteiger partial charge in [-0.05, 0) is 31.3 Å². The molecule has 4 atom stereocenters. The van der Waals surface area contributed by atoms with E-state index in [1.165, 1.54) is 19.3 Å². The van der Waals surface area contributed by atoms with Crippen LogP contribution in [0.5, 0.6) is 0 Å². The van der Waals surface area contributed by atoms with Crippen molar-refractivity contribution >= 4 is 49.0 Å². The zero-order chi connectivity index (χ0) is 26.9. The Morgan fingerprint density at radius 3 is 2.58 bits per heavy atom. The zero-order valence-electron chi connectivity index (χ0n) is 21.0. The molecule has 0 spiro atoms. The predicted octanol–water partition coefficient (Wildman–Crippen LogP) is 4.25. The van der Waals surface area contributed by atoms with Crippen molar-refractivity contribution in [2.45, 2.75) is 63.8 Å². The average Bonchev–Trinajstić information content (AvgIpc) is 2.80. The first-order chi connectivity index (χ1) is 16.9. The number of nitrogens with zero attached hydrogens (tertiary/aromatic N) is 1. The van der Waals surface area contributed by atoms with E-state index in [1.54, 1.807) is 25.1 Å². The van der Waals surface area contributed by atoms with E-state index in [4.69, 9.17) is 40.6 Å². The molecule has 1 aliphatic rings. The molecule has 0 saturated carbocycles. The van der Waals surface area contributed by atoms with Crippen molar-refractivity contribution in [1.29, 1.82) is 0 Å². The Kier molecular flexibility index (Phi) is 11.9. The minimum absolute atomic E-state index is 0.0736. The lowest BCUT2D eigenvalue weighted by molar-refractivity contribution is -0.386. The number of thiol groups is 1. The van der Waals surface area contributed by atoms with Gasteiger partial charge in [0.1, 0.15) is 6.79 Å². The average molecular weight is 560 g/mol. The largest absolute Gasteiger partial charge is 0.468 e. The third kappa shape index (κ3) is 9.54. The van der Waals surface area contributed by atoms with Gasteiger partial charge in [0.15, 0.2) is 18.5 Å². The normalized spacial score (nSPS) is 23.3. The van der Waals surface area contributed by atoms with Gasteiger partial charge in [-0.25, -0.2) is 4.79 Å². The second-order valence-electron chi connectivity index (χ2n) is 9.28. The van der Waals surface area contributed by atoms with Crippen LogP contribution in [0.2, 0.25) is 25.7 Å². The molecule has 13 heteroatoms. The topological polar surface area (TPSA) is 116 Å². The lowest BCUT2D eigenvalue weighted by atomic mass is 9.95. The van der Waals surface area contributed by atoms with Crippen LogP contribution < -0.4 is 0 Å². The van der Waals surface area contributed by atoms with Crippen LogP contribution >= 0.6 is 24.8 Å². The number of carbonyl (C=O) groups excluding carboxylic acids is 1. The summed E-state index contributed by atoms with van der Waals surface area (Å²) in [5.74, 6) is -0.608. The fourth-order valence-electron chi connectivity index (χ4n) is 3.41. The predicted molar refractivity (Wildman–Crippen MR) is 143 cm³/mol. The Labute approximate surface area is 222 Å². The van der Waals surface area contributed by atoms with Gasteiger partial charge < -0.3 is 28.4 Å². The van der Waals surface area contributed by atoms with E-state index in [-0.39, 0.29) is 23.5 Å². The van der Waals surface area contributed by atoms with E-state index in [0.717, 1.165) is 6.04 Å². The molecule has 1 aliphatic heterocycles. The van der Waals surface area contributed by atoms with Gasteiger partial charge in [-0.15, -0.1) is 0 Å². The van der Waals surface area contributed by atoms with Gasteiger partial charge in [0.05, 0.1) is 30.3 Å². The van der Waals surface area contributed by atoms with E-state index < -0.39 is 43.6 Å². The Balaban J connectivity index is 2.29. The van der Waals surface area contributed by atoms with Crippen molar-refractivity contribution < 1.29 is 38.1 Å². The molecule has 1 heterocycles. The monoisotopic (exact) mass is 559 g/mol. The van der Waals surface area contributed by atoms with Crippen molar-refractivity contribution in [2.75, 3.05) is 20.5 Å². The van der Waals surface area contributed by atoms with Crippen LogP contribution in [-0.4, -0.2) is 68.5 Å². The Morgan fingerprint density at radius 1 is 1.28 bits per heavy atom. The number of hydrogen-bond donors (Lipinski definition) is 1. The molecule has 0 bridgehead atoms. The van der Waals surface area contributed by atoms with Crippen molar-refractivity contribution in [1.82, 2.24) is 0 Å². The standard InChI is InChI=1S/C23H33NO9S2Si/c1-15-17(12-19(25)28-2)20(33-23(34)35)21(31-14-29-10-11-36(3,4)5)22(32-15)30-13-16-8-6-7-9-18(16)24(26)27/h6-9,12,15,20-22H,10-11,13-14H2,1-5H3,(H,34,35)/b17-12+/t15-,20+,21-,22-/m1/s1. The maximum Gasteiger partial charge on any atom is 0.330 e. The number of ether oxygens (including phenoxy) is 6. The van der Waals surface area contributed by atoms with Gasteiger partial charge in [0, 0.05) is 32.4 Å². The first-order valence-corrected chi connectivity index (χ1v) is 15.9. The number of nitro groups is 1. The van der Waals surface area contributed by atoms with Gasteiger partial charge in [-0.3, -0.25) is 10.1 Å². The maximum atomic E-state index is 12.0. The van der Waals surface area contributed by atoms with E-state index >= 15 is 0 Å². The molecule has 0 unspecified atom stereocenters.